The minimum atomic E-state index is 0.320. The highest BCUT2D eigenvalue weighted by molar-refractivity contribution is 4.91. The van der Waals surface area contributed by atoms with E-state index < -0.39 is 0 Å². The number of hydrogen-bond donors (Lipinski definition) is 2. The second-order valence-corrected chi connectivity index (χ2v) is 5.37. The van der Waals surface area contributed by atoms with E-state index in [1.807, 2.05) is 0 Å². The van der Waals surface area contributed by atoms with Crippen molar-refractivity contribution in [2.75, 3.05) is 6.61 Å². The Morgan fingerprint density at radius 1 is 1.50 bits per heavy atom. The summed E-state index contributed by atoms with van der Waals surface area (Å²) in [7, 11) is 0. The van der Waals surface area contributed by atoms with Gasteiger partial charge in [-0.2, -0.15) is 0 Å². The van der Waals surface area contributed by atoms with Crippen molar-refractivity contribution in [1.82, 2.24) is 5.32 Å². The van der Waals surface area contributed by atoms with Crippen molar-refractivity contribution in [3.63, 3.8) is 0 Å². The second-order valence-electron chi connectivity index (χ2n) is 5.37. The lowest BCUT2D eigenvalue weighted by Gasteiger charge is -2.30. The third-order valence-corrected chi connectivity index (χ3v) is 3.54. The molecule has 2 nitrogen and oxygen atoms in total. The van der Waals surface area contributed by atoms with Gasteiger partial charge in [0.25, 0.3) is 0 Å². The highest BCUT2D eigenvalue weighted by Gasteiger charge is 2.34. The Morgan fingerprint density at radius 2 is 2.21 bits per heavy atom. The molecule has 1 saturated carbocycles. The molecule has 0 aliphatic heterocycles. The van der Waals surface area contributed by atoms with Crippen LogP contribution in [0.3, 0.4) is 0 Å². The van der Waals surface area contributed by atoms with Crippen molar-refractivity contribution in [3.05, 3.63) is 0 Å². The lowest BCUT2D eigenvalue weighted by molar-refractivity contribution is 0.243. The molecule has 0 heterocycles. The molecule has 2 atom stereocenters. The molecule has 0 aromatic heterocycles. The van der Waals surface area contributed by atoms with Crippen LogP contribution in [0.1, 0.15) is 52.9 Å². The van der Waals surface area contributed by atoms with Crippen molar-refractivity contribution in [3.8, 4) is 0 Å². The fraction of sp³-hybridized carbons (Fsp3) is 1.00. The van der Waals surface area contributed by atoms with Crippen LogP contribution in [-0.2, 0) is 0 Å². The molecule has 1 aliphatic carbocycles. The van der Waals surface area contributed by atoms with Crippen molar-refractivity contribution in [1.29, 1.82) is 0 Å². The fourth-order valence-electron chi connectivity index (χ4n) is 2.46. The standard InChI is InChI=1S/C12H25NO/c1-10(6-5-9-14)13-11-7-4-8-12(11,2)3/h10-11,13-14H,4-9H2,1-3H3. The topological polar surface area (TPSA) is 32.3 Å². The summed E-state index contributed by atoms with van der Waals surface area (Å²) in [5, 5.41) is 12.4. The van der Waals surface area contributed by atoms with Gasteiger partial charge in [0.15, 0.2) is 0 Å². The average Bonchev–Trinajstić information content (AvgIpc) is 2.43. The minimum absolute atomic E-state index is 0.320. The first-order chi connectivity index (χ1) is 6.56. The van der Waals surface area contributed by atoms with Crippen LogP contribution in [0, 0.1) is 5.41 Å². The summed E-state index contributed by atoms with van der Waals surface area (Å²) in [4.78, 5) is 0. The molecular weight excluding hydrogens is 174 g/mol. The van der Waals surface area contributed by atoms with E-state index in [1.165, 1.54) is 19.3 Å². The van der Waals surface area contributed by atoms with Crippen LogP contribution in [0.5, 0.6) is 0 Å². The second kappa shape index (κ2) is 5.13. The summed E-state index contributed by atoms with van der Waals surface area (Å²) in [6.07, 6.45) is 6.02. The predicted molar refractivity (Wildman–Crippen MR) is 60.3 cm³/mol. The summed E-state index contributed by atoms with van der Waals surface area (Å²) in [5.41, 5.74) is 0.466. The smallest absolute Gasteiger partial charge is 0.0431 e. The highest BCUT2D eigenvalue weighted by Crippen LogP contribution is 2.37. The van der Waals surface area contributed by atoms with Crippen molar-refractivity contribution in [2.24, 2.45) is 5.41 Å². The number of aliphatic hydroxyl groups is 1. The van der Waals surface area contributed by atoms with Gasteiger partial charge in [-0.1, -0.05) is 20.3 Å². The Bertz CT molecular complexity index is 168. The first-order valence-corrected chi connectivity index (χ1v) is 5.93. The molecule has 2 heteroatoms. The fourth-order valence-corrected chi connectivity index (χ4v) is 2.46. The van der Waals surface area contributed by atoms with Gasteiger partial charge in [-0.3, -0.25) is 0 Å². The van der Waals surface area contributed by atoms with Crippen LogP contribution >= 0.6 is 0 Å². The summed E-state index contributed by atoms with van der Waals surface area (Å²) >= 11 is 0. The Labute approximate surface area is 88.1 Å². The molecule has 1 aliphatic rings. The Kier molecular flexibility index (Phi) is 4.39. The molecule has 0 aromatic carbocycles. The molecule has 84 valence electrons. The van der Waals surface area contributed by atoms with Gasteiger partial charge < -0.3 is 10.4 Å². The summed E-state index contributed by atoms with van der Waals surface area (Å²) < 4.78 is 0. The molecular formula is C12H25NO. The number of hydrogen-bond acceptors (Lipinski definition) is 2. The third-order valence-electron chi connectivity index (χ3n) is 3.54. The first kappa shape index (κ1) is 12.0. The predicted octanol–water partition coefficient (Wildman–Crippen LogP) is 2.32. The molecule has 2 N–H and O–H groups in total. The van der Waals surface area contributed by atoms with E-state index in [1.54, 1.807) is 0 Å². The van der Waals surface area contributed by atoms with Crippen LogP contribution in [-0.4, -0.2) is 23.8 Å². The van der Waals surface area contributed by atoms with E-state index in [9.17, 15) is 0 Å². The molecule has 0 aromatic rings. The number of rotatable bonds is 5. The van der Waals surface area contributed by atoms with Crippen molar-refractivity contribution in [2.45, 2.75) is 65.0 Å². The lowest BCUT2D eigenvalue weighted by atomic mass is 9.87. The number of nitrogens with one attached hydrogen (secondary N) is 1. The van der Waals surface area contributed by atoms with E-state index in [2.05, 4.69) is 26.1 Å². The molecule has 0 amide bonds. The van der Waals surface area contributed by atoms with Crippen LogP contribution in [0.15, 0.2) is 0 Å². The lowest BCUT2D eigenvalue weighted by Crippen LogP contribution is -2.42. The molecule has 2 unspecified atom stereocenters. The number of aliphatic hydroxyl groups excluding tert-OH is 1. The molecule has 0 radical (unpaired) electrons. The van der Waals surface area contributed by atoms with E-state index >= 15 is 0 Å². The van der Waals surface area contributed by atoms with Crippen molar-refractivity contribution < 1.29 is 5.11 Å². The summed E-state index contributed by atoms with van der Waals surface area (Å²) in [5.74, 6) is 0. The quantitative estimate of drug-likeness (QED) is 0.712. The molecule has 1 fully saturated rings. The van der Waals surface area contributed by atoms with Gasteiger partial charge in [-0.15, -0.1) is 0 Å². The molecule has 14 heavy (non-hydrogen) atoms. The zero-order chi connectivity index (χ0) is 10.6. The first-order valence-electron chi connectivity index (χ1n) is 5.93. The molecule has 0 saturated heterocycles. The Balaban J connectivity index is 2.29. The van der Waals surface area contributed by atoms with Crippen molar-refractivity contribution >= 4 is 0 Å². The van der Waals surface area contributed by atoms with Gasteiger partial charge in [0.1, 0.15) is 0 Å². The Hall–Kier alpha value is -0.0800. The molecule has 0 bridgehead atoms. The summed E-state index contributed by atoms with van der Waals surface area (Å²) in [6, 6.07) is 1.22. The third kappa shape index (κ3) is 3.25. The molecule has 1 rings (SSSR count). The maximum atomic E-state index is 8.75. The van der Waals surface area contributed by atoms with Gasteiger partial charge >= 0.3 is 0 Å². The highest BCUT2D eigenvalue weighted by atomic mass is 16.2. The van der Waals surface area contributed by atoms with Gasteiger partial charge in [-0.05, 0) is 38.0 Å². The molecule has 0 spiro atoms. The minimum Gasteiger partial charge on any atom is -0.396 e. The van der Waals surface area contributed by atoms with Gasteiger partial charge in [0.2, 0.25) is 0 Å². The largest absolute Gasteiger partial charge is 0.396 e. The van der Waals surface area contributed by atoms with Crippen LogP contribution in [0.4, 0.5) is 0 Å². The summed E-state index contributed by atoms with van der Waals surface area (Å²) in [6.45, 7) is 7.26. The normalized spacial score (nSPS) is 27.9. The van der Waals surface area contributed by atoms with Crippen LogP contribution in [0.2, 0.25) is 0 Å². The maximum Gasteiger partial charge on any atom is 0.0431 e. The van der Waals surface area contributed by atoms with E-state index in [0.717, 1.165) is 12.8 Å². The van der Waals surface area contributed by atoms with E-state index in [-0.39, 0.29) is 0 Å². The van der Waals surface area contributed by atoms with E-state index in [4.69, 9.17) is 5.11 Å². The van der Waals surface area contributed by atoms with Gasteiger partial charge in [0, 0.05) is 18.7 Å². The van der Waals surface area contributed by atoms with Gasteiger partial charge in [0.05, 0.1) is 0 Å². The van der Waals surface area contributed by atoms with Crippen LogP contribution < -0.4 is 5.32 Å². The SMILES string of the molecule is CC(CCCO)NC1CCCC1(C)C. The zero-order valence-corrected chi connectivity index (χ0v) is 9.84. The maximum absolute atomic E-state index is 8.75. The monoisotopic (exact) mass is 199 g/mol. The van der Waals surface area contributed by atoms with Gasteiger partial charge in [-0.25, -0.2) is 0 Å². The average molecular weight is 199 g/mol. The van der Waals surface area contributed by atoms with Crippen LogP contribution in [0.25, 0.3) is 0 Å². The van der Waals surface area contributed by atoms with E-state index in [0.29, 0.717) is 24.1 Å². The zero-order valence-electron chi connectivity index (χ0n) is 9.84. The Morgan fingerprint density at radius 3 is 2.71 bits per heavy atom.